The SMILES string of the molecule is O=C(c1ccccc1)c1sc2cc(O)ccc2c1Oc1ccc(CCN2CC(CF)C2)cc1. The molecule has 168 valence electrons. The first-order valence-electron chi connectivity index (χ1n) is 11.0. The van der Waals surface area contributed by atoms with Crippen molar-refractivity contribution < 1.29 is 19.0 Å². The minimum Gasteiger partial charge on any atom is -0.508 e. The topological polar surface area (TPSA) is 49.8 Å². The van der Waals surface area contributed by atoms with Gasteiger partial charge in [-0.05, 0) is 42.3 Å². The Morgan fingerprint density at radius 2 is 1.82 bits per heavy atom. The number of hydrogen-bond donors (Lipinski definition) is 1. The normalized spacial score (nSPS) is 14.3. The second kappa shape index (κ2) is 9.33. The molecule has 1 N–H and O–H groups in total. The first-order chi connectivity index (χ1) is 16.1. The number of ketones is 1. The molecule has 0 atom stereocenters. The molecule has 1 aliphatic rings. The van der Waals surface area contributed by atoms with Crippen molar-refractivity contribution in [2.24, 2.45) is 5.92 Å². The number of benzene rings is 3. The van der Waals surface area contributed by atoms with Crippen LogP contribution in [0, 0.1) is 5.92 Å². The number of alkyl halides is 1. The summed E-state index contributed by atoms with van der Waals surface area (Å²) < 4.78 is 19.6. The fourth-order valence-corrected chi connectivity index (χ4v) is 5.24. The van der Waals surface area contributed by atoms with Crippen LogP contribution < -0.4 is 4.74 Å². The number of likely N-dealkylation sites (tertiary alicyclic amines) is 1. The number of hydrogen-bond acceptors (Lipinski definition) is 5. The average molecular weight is 462 g/mol. The van der Waals surface area contributed by atoms with Crippen LogP contribution in [-0.4, -0.2) is 42.1 Å². The van der Waals surface area contributed by atoms with Crippen molar-refractivity contribution in [3.8, 4) is 17.2 Å². The van der Waals surface area contributed by atoms with Crippen LogP contribution in [0.25, 0.3) is 10.1 Å². The number of nitrogens with zero attached hydrogens (tertiary/aromatic N) is 1. The average Bonchev–Trinajstić information content (AvgIpc) is 3.16. The van der Waals surface area contributed by atoms with Crippen molar-refractivity contribution in [3.63, 3.8) is 0 Å². The second-order valence-corrected chi connectivity index (χ2v) is 9.46. The predicted molar refractivity (Wildman–Crippen MR) is 129 cm³/mol. The van der Waals surface area contributed by atoms with Crippen LogP contribution in [0.3, 0.4) is 0 Å². The molecule has 1 aliphatic heterocycles. The van der Waals surface area contributed by atoms with Gasteiger partial charge in [-0.3, -0.25) is 9.18 Å². The first-order valence-corrected chi connectivity index (χ1v) is 11.8. The van der Waals surface area contributed by atoms with Gasteiger partial charge in [0.2, 0.25) is 5.78 Å². The highest BCUT2D eigenvalue weighted by molar-refractivity contribution is 7.21. The number of ether oxygens (including phenoxy) is 1. The number of aromatic hydroxyl groups is 1. The summed E-state index contributed by atoms with van der Waals surface area (Å²) >= 11 is 1.32. The Balaban J connectivity index is 1.37. The van der Waals surface area contributed by atoms with Crippen molar-refractivity contribution in [1.29, 1.82) is 0 Å². The molecule has 6 heteroatoms. The highest BCUT2D eigenvalue weighted by Crippen LogP contribution is 2.42. The molecule has 2 heterocycles. The molecular formula is C27H24FNO3S. The van der Waals surface area contributed by atoms with Crippen LogP contribution in [-0.2, 0) is 6.42 Å². The Hall–Kier alpha value is -3.22. The van der Waals surface area contributed by atoms with Gasteiger partial charge in [0.15, 0.2) is 5.75 Å². The van der Waals surface area contributed by atoms with E-state index in [1.165, 1.54) is 16.9 Å². The van der Waals surface area contributed by atoms with Gasteiger partial charge in [-0.2, -0.15) is 0 Å². The van der Waals surface area contributed by atoms with E-state index in [4.69, 9.17) is 4.74 Å². The number of carbonyl (C=O) groups is 1. The summed E-state index contributed by atoms with van der Waals surface area (Å²) in [6.07, 6.45) is 0.900. The lowest BCUT2D eigenvalue weighted by molar-refractivity contribution is 0.0824. The molecule has 1 saturated heterocycles. The van der Waals surface area contributed by atoms with Gasteiger partial charge in [-0.15, -0.1) is 11.3 Å². The van der Waals surface area contributed by atoms with Crippen LogP contribution in [0.5, 0.6) is 17.2 Å². The number of carbonyl (C=O) groups excluding carboxylic acids is 1. The fraction of sp³-hybridized carbons (Fsp3) is 0.222. The third kappa shape index (κ3) is 4.63. The van der Waals surface area contributed by atoms with E-state index in [0.717, 1.165) is 36.1 Å². The molecule has 0 amide bonds. The minimum absolute atomic E-state index is 0.107. The van der Waals surface area contributed by atoms with Gasteiger partial charge in [0.05, 0.1) is 6.67 Å². The second-order valence-electron chi connectivity index (χ2n) is 8.41. The molecule has 1 aromatic heterocycles. The molecule has 5 rings (SSSR count). The Kier molecular flexibility index (Phi) is 6.11. The summed E-state index contributed by atoms with van der Waals surface area (Å²) in [6, 6.07) is 22.0. The highest BCUT2D eigenvalue weighted by atomic mass is 32.1. The molecule has 0 aliphatic carbocycles. The van der Waals surface area contributed by atoms with Gasteiger partial charge in [0, 0.05) is 41.2 Å². The van der Waals surface area contributed by atoms with Crippen LogP contribution in [0.2, 0.25) is 0 Å². The standard InChI is InChI=1S/C27H24FNO3S/c28-15-19-16-29(17-19)13-12-18-6-9-22(10-7-18)32-26-23-11-8-21(30)14-24(23)33-27(26)25(31)20-4-2-1-3-5-20/h1-11,14,19,30H,12-13,15-17H2. The van der Waals surface area contributed by atoms with Gasteiger partial charge in [0.1, 0.15) is 16.4 Å². The first kappa shape index (κ1) is 21.6. The van der Waals surface area contributed by atoms with Crippen molar-refractivity contribution >= 4 is 27.2 Å². The molecule has 3 aromatic carbocycles. The van der Waals surface area contributed by atoms with Crippen LogP contribution in [0.4, 0.5) is 4.39 Å². The summed E-state index contributed by atoms with van der Waals surface area (Å²) in [5.41, 5.74) is 1.78. The quantitative estimate of drug-likeness (QED) is 0.323. The van der Waals surface area contributed by atoms with Gasteiger partial charge in [-0.1, -0.05) is 42.5 Å². The molecule has 4 nitrogen and oxygen atoms in total. The van der Waals surface area contributed by atoms with Crippen molar-refractivity contribution in [2.75, 3.05) is 26.3 Å². The van der Waals surface area contributed by atoms with Crippen LogP contribution in [0.1, 0.15) is 20.8 Å². The number of fused-ring (bicyclic) bond motifs is 1. The third-order valence-electron chi connectivity index (χ3n) is 5.98. The smallest absolute Gasteiger partial charge is 0.206 e. The van der Waals surface area contributed by atoms with E-state index in [-0.39, 0.29) is 24.1 Å². The Morgan fingerprint density at radius 3 is 2.55 bits per heavy atom. The zero-order valence-corrected chi connectivity index (χ0v) is 18.9. The number of rotatable bonds is 8. The van der Waals surface area contributed by atoms with Crippen molar-refractivity contribution in [3.05, 3.63) is 88.8 Å². The van der Waals surface area contributed by atoms with Gasteiger partial charge >= 0.3 is 0 Å². The summed E-state index contributed by atoms with van der Waals surface area (Å²) in [4.78, 5) is 16.0. The zero-order chi connectivity index (χ0) is 22.8. The maximum absolute atomic E-state index is 13.2. The maximum Gasteiger partial charge on any atom is 0.206 e. The monoisotopic (exact) mass is 461 g/mol. The Morgan fingerprint density at radius 1 is 1.06 bits per heavy atom. The fourth-order valence-electron chi connectivity index (χ4n) is 4.12. The lowest BCUT2D eigenvalue weighted by atomic mass is 10.0. The molecule has 0 saturated carbocycles. The molecule has 33 heavy (non-hydrogen) atoms. The number of phenolic OH excluding ortho intramolecular Hbond substituents is 1. The van der Waals surface area contributed by atoms with Gasteiger partial charge in [-0.25, -0.2) is 0 Å². The number of phenols is 1. The minimum atomic E-state index is -0.228. The van der Waals surface area contributed by atoms with Crippen LogP contribution in [0.15, 0.2) is 72.8 Å². The lowest BCUT2D eigenvalue weighted by Crippen LogP contribution is -2.48. The number of thiophene rings is 1. The highest BCUT2D eigenvalue weighted by Gasteiger charge is 2.26. The third-order valence-corrected chi connectivity index (χ3v) is 7.11. The van der Waals surface area contributed by atoms with Crippen LogP contribution >= 0.6 is 11.3 Å². The number of halogens is 1. The van der Waals surface area contributed by atoms with Crippen molar-refractivity contribution in [1.82, 2.24) is 4.90 Å². The van der Waals surface area contributed by atoms with E-state index in [1.54, 1.807) is 30.3 Å². The van der Waals surface area contributed by atoms with Crippen molar-refractivity contribution in [2.45, 2.75) is 6.42 Å². The Labute approximate surface area is 195 Å². The molecule has 0 unspecified atom stereocenters. The summed E-state index contributed by atoms with van der Waals surface area (Å²) in [7, 11) is 0. The molecule has 1 fully saturated rings. The van der Waals surface area contributed by atoms with Gasteiger partial charge < -0.3 is 14.7 Å². The van der Waals surface area contributed by atoms with E-state index in [1.807, 2.05) is 42.5 Å². The molecule has 0 spiro atoms. The largest absolute Gasteiger partial charge is 0.508 e. The Bertz CT molecular complexity index is 1260. The van der Waals surface area contributed by atoms with E-state index >= 15 is 0 Å². The lowest BCUT2D eigenvalue weighted by Gasteiger charge is -2.37. The van der Waals surface area contributed by atoms with E-state index in [0.29, 0.717) is 21.9 Å². The summed E-state index contributed by atoms with van der Waals surface area (Å²) in [6.45, 7) is 2.38. The summed E-state index contributed by atoms with van der Waals surface area (Å²) in [5.74, 6) is 1.41. The predicted octanol–water partition coefficient (Wildman–Crippen LogP) is 6.07. The van der Waals surface area contributed by atoms with E-state index < -0.39 is 0 Å². The summed E-state index contributed by atoms with van der Waals surface area (Å²) in [5, 5.41) is 10.7. The van der Waals surface area contributed by atoms with E-state index in [9.17, 15) is 14.3 Å². The molecular weight excluding hydrogens is 437 g/mol. The van der Waals surface area contributed by atoms with Gasteiger partial charge in [0.25, 0.3) is 0 Å². The van der Waals surface area contributed by atoms with E-state index in [2.05, 4.69) is 4.90 Å². The molecule has 0 bridgehead atoms. The molecule has 0 radical (unpaired) electrons. The molecule has 4 aromatic rings. The zero-order valence-electron chi connectivity index (χ0n) is 18.0. The maximum atomic E-state index is 13.2.